The second kappa shape index (κ2) is 10.9. The van der Waals surface area contributed by atoms with Crippen molar-refractivity contribution in [3.05, 3.63) is 83.3 Å². The summed E-state index contributed by atoms with van der Waals surface area (Å²) in [5, 5.41) is 2.72. The number of methoxy groups -OCH3 is 1. The Morgan fingerprint density at radius 2 is 1.72 bits per heavy atom. The van der Waals surface area contributed by atoms with Gasteiger partial charge in [0.05, 0.1) is 13.5 Å². The maximum atomic E-state index is 12.0. The van der Waals surface area contributed by atoms with Crippen LogP contribution in [-0.2, 0) is 33.7 Å². The molecule has 0 fully saturated rings. The van der Waals surface area contributed by atoms with E-state index in [2.05, 4.69) is 15.3 Å². The second-order valence-corrected chi connectivity index (χ2v) is 7.34. The number of carbonyl (C=O) groups is 2. The molecule has 166 valence electrons. The van der Waals surface area contributed by atoms with E-state index < -0.39 is 6.09 Å². The summed E-state index contributed by atoms with van der Waals surface area (Å²) in [6, 6.07) is 16.9. The summed E-state index contributed by atoms with van der Waals surface area (Å²) in [7, 11) is 5.09. The highest BCUT2D eigenvalue weighted by Gasteiger charge is 2.14. The van der Waals surface area contributed by atoms with Gasteiger partial charge in [0.25, 0.3) is 0 Å². The van der Waals surface area contributed by atoms with Gasteiger partial charge in [-0.25, -0.2) is 14.8 Å². The molecule has 0 radical (unpaired) electrons. The summed E-state index contributed by atoms with van der Waals surface area (Å²) >= 11 is 0. The van der Waals surface area contributed by atoms with E-state index in [1.165, 1.54) is 7.11 Å². The monoisotopic (exact) mass is 434 g/mol. The summed E-state index contributed by atoms with van der Waals surface area (Å²) in [5.74, 6) is 0.972. The Labute approximate surface area is 187 Å². The molecule has 0 aliphatic carbocycles. The molecule has 8 nitrogen and oxygen atoms in total. The average molecular weight is 434 g/mol. The third kappa shape index (κ3) is 6.53. The van der Waals surface area contributed by atoms with E-state index in [9.17, 15) is 9.59 Å². The van der Waals surface area contributed by atoms with Gasteiger partial charge in [0, 0.05) is 38.0 Å². The number of aromatic nitrogens is 2. The van der Waals surface area contributed by atoms with Crippen LogP contribution in [0.25, 0.3) is 0 Å². The second-order valence-electron chi connectivity index (χ2n) is 7.34. The van der Waals surface area contributed by atoms with Crippen LogP contribution in [0.1, 0.15) is 22.5 Å². The highest BCUT2D eigenvalue weighted by Crippen LogP contribution is 2.18. The van der Waals surface area contributed by atoms with Crippen molar-refractivity contribution in [2.24, 2.45) is 0 Å². The van der Waals surface area contributed by atoms with Gasteiger partial charge in [-0.2, -0.15) is 0 Å². The molecule has 3 aromatic rings. The van der Waals surface area contributed by atoms with Gasteiger partial charge in [0.2, 0.25) is 0 Å². The first-order chi connectivity index (χ1) is 15.4. The van der Waals surface area contributed by atoms with Crippen LogP contribution >= 0.6 is 0 Å². The number of hydrogen-bond donors (Lipinski definition) is 1. The number of nitrogens with zero attached hydrogens (tertiary/aromatic N) is 3. The van der Waals surface area contributed by atoms with Crippen molar-refractivity contribution in [2.45, 2.75) is 19.4 Å². The van der Waals surface area contributed by atoms with Crippen LogP contribution in [0.3, 0.4) is 0 Å². The van der Waals surface area contributed by atoms with Gasteiger partial charge in [0.15, 0.2) is 0 Å². The first-order valence-corrected chi connectivity index (χ1v) is 10.1. The van der Waals surface area contributed by atoms with Crippen LogP contribution in [0, 0.1) is 0 Å². The van der Waals surface area contributed by atoms with Crippen molar-refractivity contribution in [3.63, 3.8) is 0 Å². The number of hydrogen-bond acceptors (Lipinski definition) is 7. The summed E-state index contributed by atoms with van der Waals surface area (Å²) in [5.41, 5.74) is 3.25. The van der Waals surface area contributed by atoms with Crippen molar-refractivity contribution < 1.29 is 19.1 Å². The molecule has 2 aromatic carbocycles. The number of carbonyl (C=O) groups excluding carboxylic acids is 2. The van der Waals surface area contributed by atoms with E-state index in [1.54, 1.807) is 18.3 Å². The van der Waals surface area contributed by atoms with Gasteiger partial charge in [0.1, 0.15) is 18.2 Å². The molecule has 0 saturated carbocycles. The third-order valence-corrected chi connectivity index (χ3v) is 4.65. The maximum Gasteiger partial charge on any atom is 0.411 e. The van der Waals surface area contributed by atoms with Gasteiger partial charge < -0.3 is 14.4 Å². The predicted octanol–water partition coefficient (Wildman–Crippen LogP) is 3.60. The SMILES string of the molecule is COC(=O)Cc1cnc(Cc2ccc(NC(=O)OCc3ccccc3)cc2)nc1N(C)C. The van der Waals surface area contributed by atoms with Crippen molar-refractivity contribution in [3.8, 4) is 0 Å². The lowest BCUT2D eigenvalue weighted by atomic mass is 10.1. The Morgan fingerprint density at radius 3 is 2.38 bits per heavy atom. The highest BCUT2D eigenvalue weighted by molar-refractivity contribution is 5.84. The number of amides is 1. The highest BCUT2D eigenvalue weighted by atomic mass is 16.5. The Bertz CT molecular complexity index is 1050. The zero-order valence-electron chi connectivity index (χ0n) is 18.4. The van der Waals surface area contributed by atoms with E-state index in [0.29, 0.717) is 29.3 Å². The van der Waals surface area contributed by atoms with Crippen molar-refractivity contribution in [2.75, 3.05) is 31.4 Å². The van der Waals surface area contributed by atoms with Crippen LogP contribution in [-0.4, -0.2) is 43.2 Å². The van der Waals surface area contributed by atoms with Crippen molar-refractivity contribution in [1.82, 2.24) is 9.97 Å². The summed E-state index contributed by atoms with van der Waals surface area (Å²) in [6.45, 7) is 0.211. The molecule has 0 unspecified atom stereocenters. The van der Waals surface area contributed by atoms with Crippen molar-refractivity contribution >= 4 is 23.6 Å². The standard InChI is InChI=1S/C24H26N4O4/c1-28(2)23-19(14-22(29)31-3)15-25-21(27-23)13-17-9-11-20(12-10-17)26-24(30)32-16-18-7-5-4-6-8-18/h4-12,15H,13-14,16H2,1-3H3,(H,26,30). The fourth-order valence-electron chi connectivity index (χ4n) is 3.02. The maximum absolute atomic E-state index is 12.0. The van der Waals surface area contributed by atoms with E-state index in [4.69, 9.17) is 9.47 Å². The molecular weight excluding hydrogens is 408 g/mol. The summed E-state index contributed by atoms with van der Waals surface area (Å²) in [6.07, 6.45) is 1.78. The number of esters is 1. The minimum absolute atomic E-state index is 0.116. The molecule has 3 rings (SSSR count). The first-order valence-electron chi connectivity index (χ1n) is 10.1. The van der Waals surface area contributed by atoms with Crippen LogP contribution in [0.4, 0.5) is 16.3 Å². The van der Waals surface area contributed by atoms with Gasteiger partial charge >= 0.3 is 12.1 Å². The Morgan fingerprint density at radius 1 is 1.00 bits per heavy atom. The minimum atomic E-state index is -0.512. The lowest BCUT2D eigenvalue weighted by Crippen LogP contribution is -2.17. The van der Waals surface area contributed by atoms with Gasteiger partial charge in [-0.1, -0.05) is 42.5 Å². The number of nitrogens with one attached hydrogen (secondary N) is 1. The Hall–Kier alpha value is -3.94. The van der Waals surface area contributed by atoms with E-state index in [-0.39, 0.29) is 19.0 Å². The van der Waals surface area contributed by atoms with Crippen molar-refractivity contribution in [1.29, 1.82) is 0 Å². The summed E-state index contributed by atoms with van der Waals surface area (Å²) < 4.78 is 9.97. The normalized spacial score (nSPS) is 10.3. The molecule has 1 amide bonds. The first kappa shape index (κ1) is 22.7. The molecule has 0 saturated heterocycles. The fraction of sp³-hybridized carbons (Fsp3) is 0.250. The van der Waals surface area contributed by atoms with Crippen LogP contribution in [0.15, 0.2) is 60.8 Å². The lowest BCUT2D eigenvalue weighted by Gasteiger charge is -2.16. The molecule has 8 heteroatoms. The average Bonchev–Trinajstić information content (AvgIpc) is 2.80. The molecule has 1 N–H and O–H groups in total. The number of benzene rings is 2. The quantitative estimate of drug-likeness (QED) is 0.542. The third-order valence-electron chi connectivity index (χ3n) is 4.65. The van der Waals surface area contributed by atoms with Gasteiger partial charge in [-0.3, -0.25) is 10.1 Å². The number of anilines is 2. The fourth-order valence-corrected chi connectivity index (χ4v) is 3.02. The smallest absolute Gasteiger partial charge is 0.411 e. The lowest BCUT2D eigenvalue weighted by molar-refractivity contribution is -0.139. The Kier molecular flexibility index (Phi) is 7.75. The van der Waals surface area contributed by atoms with Gasteiger partial charge in [-0.15, -0.1) is 0 Å². The molecule has 0 bridgehead atoms. The molecule has 0 aliphatic rings. The number of ether oxygens (including phenoxy) is 2. The molecule has 32 heavy (non-hydrogen) atoms. The minimum Gasteiger partial charge on any atom is -0.469 e. The largest absolute Gasteiger partial charge is 0.469 e. The van der Waals surface area contributed by atoms with E-state index in [0.717, 1.165) is 11.1 Å². The molecule has 1 heterocycles. The predicted molar refractivity (Wildman–Crippen MR) is 122 cm³/mol. The zero-order chi connectivity index (χ0) is 22.9. The number of rotatable bonds is 8. The molecule has 0 spiro atoms. The topological polar surface area (TPSA) is 93.6 Å². The Balaban J connectivity index is 1.59. The zero-order valence-corrected chi connectivity index (χ0v) is 18.4. The van der Waals surface area contributed by atoms with Crippen LogP contribution < -0.4 is 10.2 Å². The molecular formula is C24H26N4O4. The van der Waals surface area contributed by atoms with E-state index in [1.807, 2.05) is 61.5 Å². The molecule has 1 aromatic heterocycles. The molecule has 0 atom stereocenters. The van der Waals surface area contributed by atoms with Gasteiger partial charge in [-0.05, 0) is 23.3 Å². The molecule has 0 aliphatic heterocycles. The van der Waals surface area contributed by atoms with E-state index >= 15 is 0 Å². The summed E-state index contributed by atoms with van der Waals surface area (Å²) in [4.78, 5) is 34.5. The van der Waals surface area contributed by atoms with Crippen LogP contribution in [0.2, 0.25) is 0 Å². The van der Waals surface area contributed by atoms with Crippen LogP contribution in [0.5, 0.6) is 0 Å².